The molecule has 1 aliphatic rings. The predicted octanol–water partition coefficient (Wildman–Crippen LogP) is 2.30. The molecule has 0 aromatic heterocycles. The zero-order valence-corrected chi connectivity index (χ0v) is 17.1. The van der Waals surface area contributed by atoms with Crippen LogP contribution in [0.2, 0.25) is 45.8 Å². The summed E-state index contributed by atoms with van der Waals surface area (Å²) in [7, 11) is -4.98. The summed E-state index contributed by atoms with van der Waals surface area (Å²) in [5.74, 6) is 0. The van der Waals surface area contributed by atoms with Crippen molar-refractivity contribution < 1.29 is 16.5 Å². The maximum absolute atomic E-state index is 6.35. The van der Waals surface area contributed by atoms with Gasteiger partial charge in [0.25, 0.3) is 0 Å². The first-order valence-corrected chi connectivity index (χ1v) is 17.0. The summed E-state index contributed by atoms with van der Waals surface area (Å²) in [6.45, 7) is 14.5. The minimum Gasteiger partial charge on any atom is -0.416 e. The molecule has 1 saturated heterocycles. The molecule has 18 heavy (non-hydrogen) atoms. The van der Waals surface area contributed by atoms with Gasteiger partial charge in [0.15, 0.2) is 0 Å². The minimum atomic E-state index is -2.40. The van der Waals surface area contributed by atoms with E-state index in [9.17, 15) is 0 Å². The molecule has 0 bridgehead atoms. The van der Waals surface area contributed by atoms with Crippen molar-refractivity contribution in [2.24, 2.45) is 0 Å². The quantitative estimate of drug-likeness (QED) is 0.692. The first-order chi connectivity index (χ1) is 7.77. The fourth-order valence-corrected chi connectivity index (χ4v) is 22.8. The summed E-state index contributed by atoms with van der Waals surface area (Å²) < 4.78 is 27.3. The lowest BCUT2D eigenvalue weighted by molar-refractivity contribution is 0.202. The lowest BCUT2D eigenvalue weighted by Gasteiger charge is -2.48. The molecule has 0 aromatic rings. The number of nitrogens with zero attached hydrogens (tertiary/aromatic N) is 1. The number of hydrogen-bond donors (Lipinski definition) is 0. The van der Waals surface area contributed by atoms with Crippen molar-refractivity contribution in [3.63, 3.8) is 0 Å². The summed E-state index contributed by atoms with van der Waals surface area (Å²) in [6, 6.07) is 0. The Morgan fingerprint density at radius 3 is 1.11 bits per heavy atom. The first kappa shape index (κ1) is 16.7. The van der Waals surface area contributed by atoms with Crippen LogP contribution in [0.1, 0.15) is 0 Å². The molecule has 9 heteroatoms. The van der Waals surface area contributed by atoms with Crippen LogP contribution in [0.4, 0.5) is 0 Å². The van der Waals surface area contributed by atoms with E-state index in [1.54, 1.807) is 0 Å². The van der Waals surface area contributed by atoms with Crippen LogP contribution < -0.4 is 0 Å². The first-order valence-electron chi connectivity index (χ1n) is 6.25. The average Bonchev–Trinajstić information content (AvgIpc) is 1.92. The van der Waals surface area contributed by atoms with Gasteiger partial charge < -0.3 is 16.5 Å². The number of hydrogen-bond acceptors (Lipinski definition) is 5. The largest absolute Gasteiger partial charge is 0.416 e. The standard InChI is InChI=1S/C9H27NO4Si4/c1-10(2)18(9)13-16(5,6)11-15(3,4)12-17(7,8)14-18/h1-9H3. The third-order valence-electron chi connectivity index (χ3n) is 2.67. The lowest BCUT2D eigenvalue weighted by Crippen LogP contribution is -2.69. The Morgan fingerprint density at radius 1 is 0.556 bits per heavy atom. The highest BCUT2D eigenvalue weighted by Crippen LogP contribution is 2.31. The Kier molecular flexibility index (Phi) is 4.55. The SMILES string of the molecule is CN(C)[Si]1(C)O[Si](C)(C)O[Si](C)(C)O[Si](C)(C)O1. The second-order valence-corrected chi connectivity index (χ2v) is 20.8. The van der Waals surface area contributed by atoms with Crippen molar-refractivity contribution in [2.75, 3.05) is 14.1 Å². The van der Waals surface area contributed by atoms with Gasteiger partial charge in [-0.25, -0.2) is 0 Å². The zero-order chi connectivity index (χ0) is 14.4. The van der Waals surface area contributed by atoms with Crippen LogP contribution in [0.5, 0.6) is 0 Å². The van der Waals surface area contributed by atoms with Gasteiger partial charge in [0.05, 0.1) is 0 Å². The Labute approximate surface area is 115 Å². The highest BCUT2D eigenvalue weighted by atomic mass is 28.5. The smallest absolute Gasteiger partial charge is 0.406 e. The van der Waals surface area contributed by atoms with Crippen LogP contribution in [-0.4, -0.2) is 53.1 Å². The summed E-state index contributed by atoms with van der Waals surface area (Å²) in [5.41, 5.74) is 0. The molecule has 0 unspecified atom stereocenters. The van der Waals surface area contributed by atoms with Gasteiger partial charge in [-0.1, -0.05) is 0 Å². The fourth-order valence-electron chi connectivity index (χ4n) is 2.36. The normalized spacial score (nSPS) is 29.7. The van der Waals surface area contributed by atoms with E-state index in [0.29, 0.717) is 0 Å². The van der Waals surface area contributed by atoms with Crippen LogP contribution in [0.3, 0.4) is 0 Å². The molecule has 108 valence electrons. The van der Waals surface area contributed by atoms with E-state index < -0.39 is 34.4 Å². The van der Waals surface area contributed by atoms with Gasteiger partial charge in [-0.15, -0.1) is 0 Å². The molecule has 0 amide bonds. The van der Waals surface area contributed by atoms with Crippen LogP contribution in [0.15, 0.2) is 0 Å². The monoisotopic (exact) mass is 325 g/mol. The van der Waals surface area contributed by atoms with Crippen molar-refractivity contribution >= 4 is 34.4 Å². The van der Waals surface area contributed by atoms with Gasteiger partial charge in [-0.2, -0.15) is 0 Å². The van der Waals surface area contributed by atoms with Gasteiger partial charge in [0.2, 0.25) is 0 Å². The summed E-state index contributed by atoms with van der Waals surface area (Å²) >= 11 is 0. The molecule has 1 fully saturated rings. The third-order valence-corrected chi connectivity index (χ3v) is 19.1. The van der Waals surface area contributed by atoms with Gasteiger partial charge in [0, 0.05) is 0 Å². The molecular formula is C9H27NO4Si4. The van der Waals surface area contributed by atoms with E-state index in [0.717, 1.165) is 0 Å². The molecule has 1 rings (SSSR count). The van der Waals surface area contributed by atoms with Crippen LogP contribution in [0.25, 0.3) is 0 Å². The molecule has 0 N–H and O–H groups in total. The third kappa shape index (κ3) is 4.35. The Balaban J connectivity index is 3.10. The molecule has 0 aliphatic carbocycles. The van der Waals surface area contributed by atoms with Gasteiger partial charge in [0.1, 0.15) is 0 Å². The number of rotatable bonds is 1. The van der Waals surface area contributed by atoms with E-state index in [1.165, 1.54) is 0 Å². The Bertz CT molecular complexity index is 300. The molecule has 0 aromatic carbocycles. The van der Waals surface area contributed by atoms with E-state index in [1.807, 2.05) is 14.1 Å². The second kappa shape index (κ2) is 4.89. The highest BCUT2D eigenvalue weighted by Gasteiger charge is 2.53. The van der Waals surface area contributed by atoms with Gasteiger partial charge >= 0.3 is 34.4 Å². The summed E-state index contributed by atoms with van der Waals surface area (Å²) in [6.07, 6.45) is 0. The average molecular weight is 326 g/mol. The topological polar surface area (TPSA) is 40.2 Å². The van der Waals surface area contributed by atoms with Gasteiger partial charge in [-0.3, -0.25) is 4.57 Å². The van der Waals surface area contributed by atoms with E-state index >= 15 is 0 Å². The van der Waals surface area contributed by atoms with Crippen LogP contribution in [-0.2, 0) is 16.5 Å². The molecule has 0 saturated carbocycles. The van der Waals surface area contributed by atoms with Crippen molar-refractivity contribution in [2.45, 2.75) is 45.8 Å². The molecular weight excluding hydrogens is 298 g/mol. The summed E-state index contributed by atoms with van der Waals surface area (Å²) in [5, 5.41) is 0. The maximum Gasteiger partial charge on any atom is 0.406 e. The van der Waals surface area contributed by atoms with Crippen molar-refractivity contribution in [3.05, 3.63) is 0 Å². The molecule has 0 radical (unpaired) electrons. The van der Waals surface area contributed by atoms with Crippen molar-refractivity contribution in [1.29, 1.82) is 0 Å². The molecule has 0 spiro atoms. The Morgan fingerprint density at radius 2 is 0.833 bits per heavy atom. The van der Waals surface area contributed by atoms with Gasteiger partial charge in [-0.05, 0) is 59.9 Å². The fraction of sp³-hybridized carbons (Fsp3) is 1.00. The molecule has 0 atom stereocenters. The van der Waals surface area contributed by atoms with E-state index in [-0.39, 0.29) is 0 Å². The maximum atomic E-state index is 6.35. The summed E-state index contributed by atoms with van der Waals surface area (Å²) in [4.78, 5) is 0. The molecule has 1 heterocycles. The lowest BCUT2D eigenvalue weighted by atomic mass is 11.3. The van der Waals surface area contributed by atoms with Crippen LogP contribution >= 0.6 is 0 Å². The second-order valence-electron chi connectivity index (χ2n) is 6.40. The van der Waals surface area contributed by atoms with E-state index in [4.69, 9.17) is 16.5 Å². The molecule has 5 nitrogen and oxygen atoms in total. The predicted molar refractivity (Wildman–Crippen MR) is 82.1 cm³/mol. The van der Waals surface area contributed by atoms with E-state index in [2.05, 4.69) is 50.4 Å². The van der Waals surface area contributed by atoms with Crippen molar-refractivity contribution in [3.8, 4) is 0 Å². The zero-order valence-electron chi connectivity index (χ0n) is 13.1. The molecule has 1 aliphatic heterocycles. The Hall–Kier alpha value is 0.668. The highest BCUT2D eigenvalue weighted by molar-refractivity contribution is 6.92. The minimum absolute atomic E-state index is 2.01. The van der Waals surface area contributed by atoms with Crippen LogP contribution in [0, 0.1) is 0 Å². The van der Waals surface area contributed by atoms with Crippen molar-refractivity contribution in [1.82, 2.24) is 4.57 Å².